The van der Waals surface area contributed by atoms with Crippen molar-refractivity contribution < 1.29 is 45.3 Å². The predicted octanol–water partition coefficient (Wildman–Crippen LogP) is 6.66. The van der Waals surface area contributed by atoms with Gasteiger partial charge >= 0.3 is 11.9 Å². The maximum absolute atomic E-state index is 12.0. The fourth-order valence-corrected chi connectivity index (χ4v) is 3.48. The summed E-state index contributed by atoms with van der Waals surface area (Å²) >= 11 is 0. The summed E-state index contributed by atoms with van der Waals surface area (Å²) in [6.07, 6.45) is 2.77. The smallest absolute Gasteiger partial charge is 0.310 e. The molecule has 45 heavy (non-hydrogen) atoms. The molecule has 13 nitrogen and oxygen atoms in total. The van der Waals surface area contributed by atoms with Crippen molar-refractivity contribution in [2.75, 3.05) is 0 Å². The van der Waals surface area contributed by atoms with Crippen LogP contribution in [0, 0.1) is 27.8 Å². The van der Waals surface area contributed by atoms with Crippen molar-refractivity contribution in [2.45, 2.75) is 66.2 Å². The zero-order chi connectivity index (χ0) is 32.4. The number of carbonyl (C=O) groups is 2. The van der Waals surface area contributed by atoms with Gasteiger partial charge in [0.05, 0.1) is 11.8 Å². The number of H-pyrrole nitrogens is 1. The van der Waals surface area contributed by atoms with E-state index in [0.29, 0.717) is 18.0 Å². The standard InChI is InChI=1S/2C13H18O2.C4H3FN2O2.HNO2.2H2N.Pt/c2*1-9(2)8-11-4-6-12(7-5-11)10(3)13(14)15;5-2-1-6-4(9)7-3(2)8;2-1-3;;;/h2*4-7,9-10H,8H2,1-3H3,(H,14,15);1H,(H2,6,7,8,9);(H,2,3);2*1H2;/q;;;;2*-1;/p-2. The molecule has 0 amide bonds. The SMILES string of the molecule is CC(C)Cc1ccc(C(C)C(=O)O)cc1.CC(C)Cc1ccc(C(C)C(=O)O)cc1.O=N[O-].O=c1[n-]c(=O)c(F)c[nH]1.[NH2-].[NH2-].[Pt]. The number of aromatic amines is 1. The average molecular weight is 815 g/mol. The number of carboxylic acids is 2. The van der Waals surface area contributed by atoms with Gasteiger partial charge in [-0.25, -0.2) is 4.39 Å². The van der Waals surface area contributed by atoms with E-state index in [1.165, 1.54) is 11.1 Å². The third-order valence-corrected chi connectivity index (χ3v) is 5.72. The molecular weight excluding hydrogens is 772 g/mol. The Morgan fingerprint density at radius 2 is 1.11 bits per heavy atom. The second-order valence-electron chi connectivity index (χ2n) is 10.2. The van der Waals surface area contributed by atoms with Crippen molar-refractivity contribution in [3.8, 4) is 0 Å². The van der Waals surface area contributed by atoms with Crippen molar-refractivity contribution in [3.05, 3.63) is 126 Å². The van der Waals surface area contributed by atoms with E-state index in [1.807, 2.05) is 53.5 Å². The molecule has 0 radical (unpaired) electrons. The monoisotopic (exact) mass is 814 g/mol. The van der Waals surface area contributed by atoms with Crippen molar-refractivity contribution in [1.82, 2.24) is 9.97 Å². The Bertz CT molecular complexity index is 1290. The van der Waals surface area contributed by atoms with Gasteiger partial charge in [0, 0.05) is 21.1 Å². The number of halogens is 1. The molecule has 0 bridgehead atoms. The first kappa shape index (κ1) is 47.9. The molecule has 3 aromatic rings. The molecule has 3 rings (SSSR count). The summed E-state index contributed by atoms with van der Waals surface area (Å²) in [6.45, 7) is 12.1. The van der Waals surface area contributed by atoms with Crippen molar-refractivity contribution in [2.24, 2.45) is 17.2 Å². The van der Waals surface area contributed by atoms with Gasteiger partial charge in [0.15, 0.2) is 11.5 Å². The molecule has 2 unspecified atom stereocenters. The number of carboxylic acid groups (broad SMARTS) is 2. The van der Waals surface area contributed by atoms with Crippen LogP contribution in [0.15, 0.2) is 69.7 Å². The van der Waals surface area contributed by atoms with Gasteiger partial charge < -0.3 is 42.6 Å². The van der Waals surface area contributed by atoms with Crippen LogP contribution in [0.3, 0.4) is 0 Å². The van der Waals surface area contributed by atoms with Crippen molar-refractivity contribution in [1.29, 1.82) is 0 Å². The third-order valence-electron chi connectivity index (χ3n) is 5.72. The number of nitrogens with one attached hydrogen (secondary N) is 1. The van der Waals surface area contributed by atoms with E-state index >= 15 is 0 Å². The molecule has 2 aromatic carbocycles. The van der Waals surface area contributed by atoms with E-state index in [2.05, 4.69) is 32.7 Å². The third kappa shape index (κ3) is 20.6. The first-order valence-electron chi connectivity index (χ1n) is 13.1. The molecule has 0 aliphatic carbocycles. The molecule has 0 spiro atoms. The molecule has 0 saturated carbocycles. The summed E-state index contributed by atoms with van der Waals surface area (Å²) in [5, 5.41) is 26.7. The van der Waals surface area contributed by atoms with E-state index < -0.39 is 40.8 Å². The number of benzene rings is 2. The zero-order valence-corrected chi connectivity index (χ0v) is 28.3. The summed E-state index contributed by atoms with van der Waals surface area (Å²) in [5.41, 5.74) is 2.32. The predicted molar refractivity (Wildman–Crippen MR) is 168 cm³/mol. The molecule has 0 saturated heterocycles. The van der Waals surface area contributed by atoms with Gasteiger partial charge in [-0.05, 0) is 67.0 Å². The van der Waals surface area contributed by atoms with Crippen LogP contribution in [-0.2, 0) is 43.5 Å². The first-order valence-corrected chi connectivity index (χ1v) is 13.1. The summed E-state index contributed by atoms with van der Waals surface area (Å²) < 4.78 is 12.0. The largest absolute Gasteiger partial charge is 0.693 e. The van der Waals surface area contributed by atoms with Crippen LogP contribution in [0.2, 0.25) is 0 Å². The van der Waals surface area contributed by atoms with Crippen LogP contribution in [0.4, 0.5) is 4.39 Å². The Morgan fingerprint density at radius 1 is 0.800 bits per heavy atom. The summed E-state index contributed by atoms with van der Waals surface area (Å²) in [7, 11) is 0. The number of nitrogens with zero attached hydrogens (tertiary/aromatic N) is 2. The number of aromatic nitrogens is 2. The van der Waals surface area contributed by atoms with Gasteiger partial charge in [-0.1, -0.05) is 76.2 Å². The fourth-order valence-electron chi connectivity index (χ4n) is 3.48. The molecule has 1 heterocycles. The minimum absolute atomic E-state index is 0. The van der Waals surface area contributed by atoms with Crippen molar-refractivity contribution in [3.63, 3.8) is 0 Å². The first-order chi connectivity index (χ1) is 19.6. The summed E-state index contributed by atoms with van der Waals surface area (Å²) in [6, 6.07) is 15.7. The fraction of sp³-hybridized carbons (Fsp3) is 0.400. The van der Waals surface area contributed by atoms with Crippen molar-refractivity contribution >= 4 is 11.9 Å². The Hall–Kier alpha value is -4.00. The van der Waals surface area contributed by atoms with E-state index in [1.54, 1.807) is 13.8 Å². The van der Waals surface area contributed by atoms with Gasteiger partial charge in [0.2, 0.25) is 5.56 Å². The number of rotatable bonds is 8. The van der Waals surface area contributed by atoms with E-state index in [9.17, 15) is 23.6 Å². The molecule has 0 aliphatic heterocycles. The number of nitrogens with two attached hydrogens (primary N) is 2. The molecule has 0 fully saturated rings. The van der Waals surface area contributed by atoms with Gasteiger partial charge in [-0.2, -0.15) is 0 Å². The Labute approximate surface area is 276 Å². The Balaban J connectivity index is -0.000000266. The van der Waals surface area contributed by atoms with Crippen LogP contribution in [0.25, 0.3) is 12.3 Å². The molecule has 1 aromatic heterocycles. The van der Waals surface area contributed by atoms with Crippen LogP contribution >= 0.6 is 0 Å². The topological polar surface area (TPSA) is 258 Å². The maximum Gasteiger partial charge on any atom is 0.310 e. The zero-order valence-electron chi connectivity index (χ0n) is 26.0. The van der Waals surface area contributed by atoms with Crippen LogP contribution in [0.1, 0.15) is 75.6 Å². The molecule has 2 atom stereocenters. The van der Waals surface area contributed by atoms with Gasteiger partial charge in [0.25, 0.3) is 0 Å². The molecule has 256 valence electrons. The number of hydrogen-bond donors (Lipinski definition) is 3. The summed E-state index contributed by atoms with van der Waals surface area (Å²) in [5.74, 6) is -2.16. The van der Waals surface area contributed by atoms with E-state index in [0.717, 1.165) is 29.3 Å². The average Bonchev–Trinajstić information content (AvgIpc) is 2.91. The molecule has 0 aliphatic rings. The summed E-state index contributed by atoms with van der Waals surface area (Å²) in [4.78, 5) is 54.4. The van der Waals surface area contributed by atoms with Gasteiger partial charge in [0.1, 0.15) is 0 Å². The van der Waals surface area contributed by atoms with Gasteiger partial charge in [-0.15, -0.1) is 5.34 Å². The number of hydrogen-bond acceptors (Lipinski definition) is 7. The minimum atomic E-state index is -1.13. The van der Waals surface area contributed by atoms with Crippen LogP contribution in [0.5, 0.6) is 0 Å². The molecular formula is C30H42FN5O8Pt-4. The number of aliphatic carboxylic acids is 2. The van der Waals surface area contributed by atoms with E-state index in [4.69, 9.17) is 20.3 Å². The van der Waals surface area contributed by atoms with Crippen LogP contribution in [-0.4, -0.2) is 27.1 Å². The molecule has 7 N–H and O–H groups in total. The normalized spacial score (nSPS) is 10.7. The molecule has 15 heteroatoms. The Morgan fingerprint density at radius 3 is 1.33 bits per heavy atom. The second kappa shape index (κ2) is 25.3. The van der Waals surface area contributed by atoms with E-state index in [-0.39, 0.29) is 33.4 Å². The minimum Gasteiger partial charge on any atom is -0.693 e. The van der Waals surface area contributed by atoms with Crippen LogP contribution < -0.4 is 16.2 Å². The Kier molecular flexibility index (Phi) is 27.0. The quantitative estimate of drug-likeness (QED) is 0.162. The maximum atomic E-state index is 12.0. The van der Waals surface area contributed by atoms with Gasteiger partial charge in [-0.3, -0.25) is 19.2 Å². The second-order valence-corrected chi connectivity index (χ2v) is 10.2.